The molecule has 0 bridgehead atoms. The van der Waals surface area contributed by atoms with E-state index in [1.807, 2.05) is 0 Å². The van der Waals surface area contributed by atoms with Gasteiger partial charge in [0.15, 0.2) is 0 Å². The van der Waals surface area contributed by atoms with Crippen LogP contribution in [-0.2, 0) is 0 Å². The minimum Gasteiger partial charge on any atom is -0.423 e. The van der Waals surface area contributed by atoms with Crippen molar-refractivity contribution in [3.8, 4) is 0 Å². The van der Waals surface area contributed by atoms with Gasteiger partial charge in [-0.25, -0.2) is 0 Å². The summed E-state index contributed by atoms with van der Waals surface area (Å²) in [6, 6.07) is 2.93. The second kappa shape index (κ2) is 3.59. The van der Waals surface area contributed by atoms with Gasteiger partial charge in [0.1, 0.15) is 6.29 Å². The predicted molar refractivity (Wildman–Crippen MR) is 50.8 cm³/mol. The molecule has 0 spiro atoms. The third kappa shape index (κ3) is 1.88. The molecular weight excluding hydrogens is 169 g/mol. The molecule has 0 aliphatic heterocycles. The van der Waals surface area contributed by atoms with Crippen LogP contribution in [0.4, 0.5) is 5.69 Å². The van der Waals surface area contributed by atoms with Crippen LogP contribution in [0.25, 0.3) is 0 Å². The molecule has 13 heavy (non-hydrogen) atoms. The molecule has 0 aliphatic carbocycles. The monoisotopic (exact) mass is 179 g/mol. The standard InChI is InChI=1S/C8H10BNO3/c1-5-6(4-11)2-7(10)3-8(5)9(12)13/h2-4,12-13H,10H2,1H3. The number of nitrogens with two attached hydrogens (primary N) is 1. The number of anilines is 1. The highest BCUT2D eigenvalue weighted by atomic mass is 16.4. The maximum absolute atomic E-state index is 10.5. The summed E-state index contributed by atoms with van der Waals surface area (Å²) in [7, 11) is -1.60. The molecule has 0 aliphatic rings. The Kier molecular flexibility index (Phi) is 2.70. The van der Waals surface area contributed by atoms with Crippen LogP contribution in [0, 0.1) is 6.92 Å². The Hall–Kier alpha value is -1.33. The summed E-state index contributed by atoms with van der Waals surface area (Å²) in [6.07, 6.45) is 0.636. The minimum absolute atomic E-state index is 0.266. The van der Waals surface area contributed by atoms with E-state index in [1.54, 1.807) is 6.92 Å². The molecule has 0 radical (unpaired) electrons. The van der Waals surface area contributed by atoms with E-state index in [0.29, 0.717) is 23.1 Å². The lowest BCUT2D eigenvalue weighted by molar-refractivity contribution is 0.112. The first-order valence-electron chi connectivity index (χ1n) is 3.77. The minimum atomic E-state index is -1.60. The number of hydrogen-bond donors (Lipinski definition) is 3. The quantitative estimate of drug-likeness (QED) is 0.311. The van der Waals surface area contributed by atoms with Gasteiger partial charge in [-0.1, -0.05) is 0 Å². The molecule has 4 nitrogen and oxygen atoms in total. The van der Waals surface area contributed by atoms with Crippen molar-refractivity contribution in [1.82, 2.24) is 0 Å². The lowest BCUT2D eigenvalue weighted by Gasteiger charge is -2.07. The second-order valence-corrected chi connectivity index (χ2v) is 2.82. The third-order valence-electron chi connectivity index (χ3n) is 1.92. The summed E-state index contributed by atoms with van der Waals surface area (Å²) in [4.78, 5) is 10.5. The van der Waals surface area contributed by atoms with Crippen molar-refractivity contribution in [3.05, 3.63) is 23.3 Å². The van der Waals surface area contributed by atoms with E-state index in [1.165, 1.54) is 12.1 Å². The average molecular weight is 179 g/mol. The zero-order valence-electron chi connectivity index (χ0n) is 7.19. The summed E-state index contributed by atoms with van der Waals surface area (Å²) < 4.78 is 0. The molecule has 0 saturated heterocycles. The van der Waals surface area contributed by atoms with E-state index in [-0.39, 0.29) is 5.46 Å². The number of aldehydes is 1. The van der Waals surface area contributed by atoms with Crippen LogP contribution in [0.1, 0.15) is 15.9 Å². The highest BCUT2D eigenvalue weighted by molar-refractivity contribution is 6.59. The van der Waals surface area contributed by atoms with E-state index in [2.05, 4.69) is 0 Å². The lowest BCUT2D eigenvalue weighted by atomic mass is 9.76. The van der Waals surface area contributed by atoms with Crippen molar-refractivity contribution in [3.63, 3.8) is 0 Å². The first kappa shape index (κ1) is 9.76. The van der Waals surface area contributed by atoms with Gasteiger partial charge >= 0.3 is 7.12 Å². The predicted octanol–water partition coefficient (Wildman–Crippen LogP) is -0.930. The van der Waals surface area contributed by atoms with Crippen molar-refractivity contribution in [1.29, 1.82) is 0 Å². The number of rotatable bonds is 2. The van der Waals surface area contributed by atoms with Gasteiger partial charge < -0.3 is 15.8 Å². The number of carbonyl (C=O) groups is 1. The number of nitrogen functional groups attached to an aromatic ring is 1. The SMILES string of the molecule is Cc1c(C=O)cc(N)cc1B(O)O. The molecule has 0 unspecified atom stereocenters. The van der Waals surface area contributed by atoms with Crippen LogP contribution >= 0.6 is 0 Å². The van der Waals surface area contributed by atoms with Gasteiger partial charge in [-0.2, -0.15) is 0 Å². The van der Waals surface area contributed by atoms with Gasteiger partial charge in [0.25, 0.3) is 0 Å². The fourth-order valence-electron chi connectivity index (χ4n) is 1.17. The Bertz CT molecular complexity index is 338. The first-order valence-corrected chi connectivity index (χ1v) is 3.77. The molecule has 0 atom stereocenters. The van der Waals surface area contributed by atoms with E-state index in [0.717, 1.165) is 0 Å². The topological polar surface area (TPSA) is 83.6 Å². The molecule has 0 aromatic heterocycles. The average Bonchev–Trinajstić information content (AvgIpc) is 2.08. The van der Waals surface area contributed by atoms with Gasteiger partial charge in [-0.15, -0.1) is 0 Å². The molecule has 0 heterocycles. The summed E-state index contributed by atoms with van der Waals surface area (Å²) >= 11 is 0. The Balaban J connectivity index is 3.35. The first-order chi connectivity index (χ1) is 6.06. The maximum Gasteiger partial charge on any atom is 0.488 e. The summed E-state index contributed by atoms with van der Waals surface area (Å²) in [6.45, 7) is 1.64. The molecule has 0 amide bonds. The van der Waals surface area contributed by atoms with Crippen LogP contribution in [-0.4, -0.2) is 23.5 Å². The Morgan fingerprint density at radius 2 is 2.08 bits per heavy atom. The highest BCUT2D eigenvalue weighted by Gasteiger charge is 2.16. The van der Waals surface area contributed by atoms with E-state index < -0.39 is 7.12 Å². The van der Waals surface area contributed by atoms with Gasteiger partial charge in [0.2, 0.25) is 0 Å². The lowest BCUT2D eigenvalue weighted by Crippen LogP contribution is -2.33. The molecule has 0 fully saturated rings. The summed E-state index contributed by atoms with van der Waals surface area (Å²) in [5.74, 6) is 0. The molecule has 4 N–H and O–H groups in total. The molecule has 5 heteroatoms. The van der Waals surface area contributed by atoms with E-state index in [9.17, 15) is 4.79 Å². The van der Waals surface area contributed by atoms with E-state index >= 15 is 0 Å². The van der Waals surface area contributed by atoms with Crippen LogP contribution in [0.3, 0.4) is 0 Å². The summed E-state index contributed by atoms with van der Waals surface area (Å²) in [5, 5.41) is 17.9. The summed E-state index contributed by atoms with van der Waals surface area (Å²) in [5.41, 5.74) is 6.99. The maximum atomic E-state index is 10.5. The fourth-order valence-corrected chi connectivity index (χ4v) is 1.17. The molecule has 1 aromatic carbocycles. The van der Waals surface area contributed by atoms with Crippen LogP contribution < -0.4 is 11.2 Å². The van der Waals surface area contributed by atoms with Crippen molar-refractivity contribution in [2.24, 2.45) is 0 Å². The third-order valence-corrected chi connectivity index (χ3v) is 1.92. The Morgan fingerprint density at radius 3 is 2.54 bits per heavy atom. The van der Waals surface area contributed by atoms with Crippen LogP contribution in [0.2, 0.25) is 0 Å². The zero-order chi connectivity index (χ0) is 10.0. The Morgan fingerprint density at radius 1 is 1.46 bits per heavy atom. The van der Waals surface area contributed by atoms with Gasteiger partial charge in [0, 0.05) is 11.3 Å². The number of hydrogen-bond acceptors (Lipinski definition) is 4. The second-order valence-electron chi connectivity index (χ2n) is 2.82. The van der Waals surface area contributed by atoms with Gasteiger partial charge in [-0.3, -0.25) is 4.79 Å². The van der Waals surface area contributed by atoms with Crippen molar-refractivity contribution < 1.29 is 14.8 Å². The molecule has 1 aromatic rings. The molecular formula is C8H10BNO3. The van der Waals surface area contributed by atoms with Crippen molar-refractivity contribution in [2.75, 3.05) is 5.73 Å². The van der Waals surface area contributed by atoms with Crippen molar-refractivity contribution in [2.45, 2.75) is 6.92 Å². The smallest absolute Gasteiger partial charge is 0.423 e. The highest BCUT2D eigenvalue weighted by Crippen LogP contribution is 2.08. The Labute approximate surface area is 76.1 Å². The van der Waals surface area contributed by atoms with Crippen molar-refractivity contribution >= 4 is 24.6 Å². The van der Waals surface area contributed by atoms with E-state index in [4.69, 9.17) is 15.8 Å². The zero-order valence-corrected chi connectivity index (χ0v) is 7.19. The molecule has 1 rings (SSSR count). The molecule has 0 saturated carbocycles. The number of carbonyl (C=O) groups excluding carboxylic acids is 1. The number of benzene rings is 1. The largest absolute Gasteiger partial charge is 0.488 e. The molecule has 68 valence electrons. The van der Waals surface area contributed by atoms with Crippen LogP contribution in [0.15, 0.2) is 12.1 Å². The fraction of sp³-hybridized carbons (Fsp3) is 0.125. The van der Waals surface area contributed by atoms with Gasteiger partial charge in [0.05, 0.1) is 0 Å². The van der Waals surface area contributed by atoms with Gasteiger partial charge in [-0.05, 0) is 30.1 Å². The normalized spacial score (nSPS) is 9.77. The van der Waals surface area contributed by atoms with Crippen LogP contribution in [0.5, 0.6) is 0 Å².